The van der Waals surface area contributed by atoms with Gasteiger partial charge in [-0.25, -0.2) is 0 Å². The van der Waals surface area contributed by atoms with Crippen LogP contribution in [0.5, 0.6) is 0 Å². The van der Waals surface area contributed by atoms with E-state index in [0.29, 0.717) is 15.7 Å². The largest absolute Gasteiger partial charge is 0.374 e. The van der Waals surface area contributed by atoms with Crippen molar-refractivity contribution in [2.24, 2.45) is 0 Å². The predicted molar refractivity (Wildman–Crippen MR) is 78.2 cm³/mol. The lowest BCUT2D eigenvalue weighted by atomic mass is 10.2. The number of nitrogens with zero attached hydrogens (tertiary/aromatic N) is 2. The van der Waals surface area contributed by atoms with E-state index in [2.05, 4.69) is 31.2 Å². The number of hydrogen-bond acceptors (Lipinski definition) is 3. The van der Waals surface area contributed by atoms with E-state index in [0.717, 1.165) is 10.2 Å². The van der Waals surface area contributed by atoms with Crippen LogP contribution in [0, 0.1) is 0 Å². The van der Waals surface area contributed by atoms with E-state index in [9.17, 15) is 0 Å². The zero-order chi connectivity index (χ0) is 13.1. The summed E-state index contributed by atoms with van der Waals surface area (Å²) in [6.07, 6.45) is 4.99. The van der Waals surface area contributed by atoms with Gasteiger partial charge in [0.25, 0.3) is 0 Å². The second-order valence-electron chi connectivity index (χ2n) is 3.74. The number of hydrogen-bond donors (Lipinski definition) is 1. The van der Waals surface area contributed by atoms with Crippen LogP contribution in [-0.2, 0) is 0 Å². The van der Waals surface area contributed by atoms with Crippen LogP contribution >= 0.6 is 39.1 Å². The van der Waals surface area contributed by atoms with E-state index in [1.54, 1.807) is 30.7 Å². The second-order valence-corrected chi connectivity index (χ2v) is 5.47. The van der Waals surface area contributed by atoms with Gasteiger partial charge in [-0.1, -0.05) is 39.1 Å². The minimum atomic E-state index is -0.0325. The Labute approximate surface area is 124 Å². The maximum absolute atomic E-state index is 6.15. The van der Waals surface area contributed by atoms with Gasteiger partial charge in [-0.15, -0.1) is 0 Å². The zero-order valence-corrected chi connectivity index (χ0v) is 12.6. The van der Waals surface area contributed by atoms with Crippen LogP contribution in [0.2, 0.25) is 10.0 Å². The Bertz CT molecular complexity index is 525. The SMILES string of the molecule is CC(Nc1c(Cl)cc(Br)cc1Cl)c1cnccn1. The van der Waals surface area contributed by atoms with Crippen LogP contribution in [0.4, 0.5) is 5.69 Å². The number of aromatic nitrogens is 2. The van der Waals surface area contributed by atoms with Gasteiger partial charge >= 0.3 is 0 Å². The number of nitrogens with one attached hydrogen (secondary N) is 1. The molecule has 0 bridgehead atoms. The molecule has 1 heterocycles. The van der Waals surface area contributed by atoms with Gasteiger partial charge in [0.1, 0.15) is 0 Å². The summed E-state index contributed by atoms with van der Waals surface area (Å²) in [5, 5.41) is 4.36. The third kappa shape index (κ3) is 3.13. The van der Waals surface area contributed by atoms with Crippen molar-refractivity contribution in [3.63, 3.8) is 0 Å². The molecule has 1 atom stereocenters. The van der Waals surface area contributed by atoms with Crippen molar-refractivity contribution in [1.29, 1.82) is 0 Å². The Kier molecular flexibility index (Phi) is 4.43. The average molecular weight is 347 g/mol. The van der Waals surface area contributed by atoms with Crippen LogP contribution < -0.4 is 5.32 Å². The number of anilines is 1. The molecule has 1 N–H and O–H groups in total. The molecule has 1 aromatic heterocycles. The lowest BCUT2D eigenvalue weighted by Gasteiger charge is -2.17. The number of benzene rings is 1. The molecule has 0 aliphatic heterocycles. The summed E-state index contributed by atoms with van der Waals surface area (Å²) in [5.74, 6) is 0. The van der Waals surface area contributed by atoms with Crippen LogP contribution in [0.1, 0.15) is 18.7 Å². The molecule has 0 saturated carbocycles. The normalized spacial score (nSPS) is 12.2. The van der Waals surface area contributed by atoms with Crippen LogP contribution in [0.3, 0.4) is 0 Å². The monoisotopic (exact) mass is 345 g/mol. The molecule has 6 heteroatoms. The average Bonchev–Trinajstić information content (AvgIpc) is 2.34. The fourth-order valence-corrected chi connectivity index (χ4v) is 2.82. The van der Waals surface area contributed by atoms with Crippen molar-refractivity contribution >= 4 is 44.8 Å². The highest BCUT2D eigenvalue weighted by Crippen LogP contribution is 2.35. The van der Waals surface area contributed by atoms with Crippen molar-refractivity contribution < 1.29 is 0 Å². The molecule has 0 spiro atoms. The third-order valence-electron chi connectivity index (χ3n) is 2.39. The molecule has 0 amide bonds. The summed E-state index contributed by atoms with van der Waals surface area (Å²) in [4.78, 5) is 8.26. The van der Waals surface area contributed by atoms with E-state index in [-0.39, 0.29) is 6.04 Å². The molecule has 0 saturated heterocycles. The zero-order valence-electron chi connectivity index (χ0n) is 9.49. The topological polar surface area (TPSA) is 37.8 Å². The lowest BCUT2D eigenvalue weighted by Crippen LogP contribution is -2.09. The molecule has 3 nitrogen and oxygen atoms in total. The first kappa shape index (κ1) is 13.6. The van der Waals surface area contributed by atoms with E-state index in [1.807, 2.05) is 6.92 Å². The van der Waals surface area contributed by atoms with Crippen molar-refractivity contribution in [3.8, 4) is 0 Å². The Hall–Kier alpha value is -0.840. The van der Waals surface area contributed by atoms with E-state index >= 15 is 0 Å². The molecule has 94 valence electrons. The van der Waals surface area contributed by atoms with Crippen LogP contribution in [-0.4, -0.2) is 9.97 Å². The van der Waals surface area contributed by atoms with Gasteiger partial charge in [-0.05, 0) is 19.1 Å². The van der Waals surface area contributed by atoms with Gasteiger partial charge in [0, 0.05) is 16.9 Å². The number of rotatable bonds is 3. The predicted octanol–water partition coefficient (Wildman–Crippen LogP) is 4.72. The van der Waals surface area contributed by atoms with Crippen molar-refractivity contribution in [2.75, 3.05) is 5.32 Å². The summed E-state index contributed by atoms with van der Waals surface area (Å²) in [5.41, 5.74) is 1.52. The minimum absolute atomic E-state index is 0.0325. The molecule has 0 fully saturated rings. The maximum atomic E-state index is 6.15. The molecule has 0 aliphatic carbocycles. The minimum Gasteiger partial charge on any atom is -0.374 e. The van der Waals surface area contributed by atoms with E-state index < -0.39 is 0 Å². The first-order valence-electron chi connectivity index (χ1n) is 5.25. The van der Waals surface area contributed by atoms with E-state index in [4.69, 9.17) is 23.2 Å². The van der Waals surface area contributed by atoms with Gasteiger partial charge < -0.3 is 5.32 Å². The molecule has 1 unspecified atom stereocenters. The quantitative estimate of drug-likeness (QED) is 0.873. The highest BCUT2D eigenvalue weighted by molar-refractivity contribution is 9.10. The molecular weight excluding hydrogens is 337 g/mol. The summed E-state index contributed by atoms with van der Waals surface area (Å²) in [6, 6.07) is 3.55. The summed E-state index contributed by atoms with van der Waals surface area (Å²) >= 11 is 15.6. The molecule has 2 aromatic rings. The van der Waals surface area contributed by atoms with Crippen LogP contribution in [0.25, 0.3) is 0 Å². The molecule has 18 heavy (non-hydrogen) atoms. The van der Waals surface area contributed by atoms with Gasteiger partial charge in [0.2, 0.25) is 0 Å². The molecule has 1 aromatic carbocycles. The highest BCUT2D eigenvalue weighted by atomic mass is 79.9. The fraction of sp³-hybridized carbons (Fsp3) is 0.167. The highest BCUT2D eigenvalue weighted by Gasteiger charge is 2.12. The Balaban J connectivity index is 2.25. The lowest BCUT2D eigenvalue weighted by molar-refractivity contribution is 0.827. The Morgan fingerprint density at radius 2 is 1.89 bits per heavy atom. The smallest absolute Gasteiger partial charge is 0.0806 e. The first-order valence-corrected chi connectivity index (χ1v) is 6.80. The van der Waals surface area contributed by atoms with E-state index in [1.165, 1.54) is 0 Å². The summed E-state index contributed by atoms with van der Waals surface area (Å²) in [7, 11) is 0. The Morgan fingerprint density at radius 3 is 2.44 bits per heavy atom. The van der Waals surface area contributed by atoms with Crippen molar-refractivity contribution in [1.82, 2.24) is 9.97 Å². The van der Waals surface area contributed by atoms with Gasteiger partial charge in [0.15, 0.2) is 0 Å². The maximum Gasteiger partial charge on any atom is 0.0806 e. The second kappa shape index (κ2) is 5.87. The fourth-order valence-electron chi connectivity index (χ4n) is 1.50. The standard InChI is InChI=1S/C12H10BrCl2N3/c1-7(11-6-16-2-3-17-11)18-12-9(14)4-8(13)5-10(12)15/h2-7,18H,1H3. The third-order valence-corrected chi connectivity index (χ3v) is 3.45. The molecule has 2 rings (SSSR count). The first-order chi connectivity index (χ1) is 8.58. The van der Waals surface area contributed by atoms with Gasteiger partial charge in [0.05, 0.1) is 33.7 Å². The molecular formula is C12H10BrCl2N3. The van der Waals surface area contributed by atoms with Crippen LogP contribution in [0.15, 0.2) is 35.2 Å². The van der Waals surface area contributed by atoms with Gasteiger partial charge in [-0.3, -0.25) is 9.97 Å². The molecule has 0 radical (unpaired) electrons. The molecule has 0 aliphatic rings. The van der Waals surface area contributed by atoms with Crippen molar-refractivity contribution in [2.45, 2.75) is 13.0 Å². The number of halogens is 3. The Morgan fingerprint density at radius 1 is 1.22 bits per heavy atom. The summed E-state index contributed by atoms with van der Waals surface area (Å²) < 4.78 is 0.843. The van der Waals surface area contributed by atoms with Gasteiger partial charge in [-0.2, -0.15) is 0 Å². The van der Waals surface area contributed by atoms with Crippen molar-refractivity contribution in [3.05, 3.63) is 50.9 Å². The summed E-state index contributed by atoms with van der Waals surface area (Å²) in [6.45, 7) is 1.97.